The minimum absolute atomic E-state index is 0.0385. The van der Waals surface area contributed by atoms with Crippen molar-refractivity contribution in [2.45, 2.75) is 32.5 Å². The zero-order valence-corrected chi connectivity index (χ0v) is 17.0. The van der Waals surface area contributed by atoms with Crippen LogP contribution in [0.25, 0.3) is 11.1 Å². The summed E-state index contributed by atoms with van der Waals surface area (Å²) in [5.41, 5.74) is 3.94. The van der Waals surface area contributed by atoms with Crippen molar-refractivity contribution in [3.8, 4) is 17.0 Å². The topological polar surface area (TPSA) is 55.3 Å². The number of carbonyl (C=O) groups is 1. The summed E-state index contributed by atoms with van der Waals surface area (Å²) in [7, 11) is 1.77. The van der Waals surface area contributed by atoms with E-state index in [1.807, 2.05) is 24.3 Å². The number of carbonyl (C=O) groups excluding carboxylic acids is 1. The monoisotopic (exact) mass is 427 g/mol. The highest BCUT2D eigenvalue weighted by Gasteiger charge is 2.33. The molecule has 0 atom stereocenters. The van der Waals surface area contributed by atoms with Crippen molar-refractivity contribution >= 4 is 11.6 Å². The molecule has 3 aromatic rings. The van der Waals surface area contributed by atoms with E-state index in [0.717, 1.165) is 28.4 Å². The van der Waals surface area contributed by atoms with Crippen LogP contribution in [-0.4, -0.2) is 22.9 Å². The van der Waals surface area contributed by atoms with Gasteiger partial charge in [-0.05, 0) is 54.3 Å². The van der Waals surface area contributed by atoms with E-state index in [-0.39, 0.29) is 18.4 Å². The van der Waals surface area contributed by atoms with Gasteiger partial charge in [0, 0.05) is 48.7 Å². The molecule has 0 radical (unpaired) electrons. The van der Waals surface area contributed by atoms with E-state index in [1.165, 1.54) is 6.07 Å². The Bertz CT molecular complexity index is 1150. The average Bonchev–Trinajstić information content (AvgIpc) is 2.74. The van der Waals surface area contributed by atoms with E-state index in [0.29, 0.717) is 24.0 Å². The maximum Gasteiger partial charge on any atom is 0.433 e. The van der Waals surface area contributed by atoms with Crippen molar-refractivity contribution in [2.24, 2.45) is 0 Å². The summed E-state index contributed by atoms with van der Waals surface area (Å²) in [6, 6.07) is 10.2. The number of pyridine rings is 2. The molecular weight excluding hydrogens is 407 g/mol. The van der Waals surface area contributed by atoms with Gasteiger partial charge in [0.1, 0.15) is 12.3 Å². The van der Waals surface area contributed by atoms with Crippen molar-refractivity contribution < 1.29 is 22.7 Å². The van der Waals surface area contributed by atoms with Crippen molar-refractivity contribution in [3.63, 3.8) is 0 Å². The molecule has 8 heteroatoms. The zero-order valence-electron chi connectivity index (χ0n) is 17.0. The molecule has 2 aromatic heterocycles. The molecule has 0 saturated carbocycles. The standard InChI is InChI=1S/C23H20F3N3O2/c1-14-7-20(23(24,25)26)28-21(8-14)31-13-15-9-18(12-27-11-15)16-3-5-19-17(10-16)4-6-22(30)29(19)2/h3,5,7-12H,4,6,13H2,1-2H3. The lowest BCUT2D eigenvalue weighted by molar-refractivity contribution is -0.141. The number of nitrogens with zero attached hydrogens (tertiary/aromatic N) is 3. The number of anilines is 1. The number of rotatable bonds is 4. The number of aryl methyl sites for hydroxylation is 2. The third kappa shape index (κ3) is 4.52. The molecule has 5 nitrogen and oxygen atoms in total. The molecule has 4 rings (SSSR count). The fourth-order valence-electron chi connectivity index (χ4n) is 3.57. The molecule has 0 bridgehead atoms. The molecule has 160 valence electrons. The third-order valence-electron chi connectivity index (χ3n) is 5.17. The number of ether oxygens (including phenoxy) is 1. The van der Waals surface area contributed by atoms with E-state index in [1.54, 1.807) is 31.3 Å². The molecule has 0 aliphatic carbocycles. The highest BCUT2D eigenvalue weighted by molar-refractivity contribution is 5.96. The third-order valence-corrected chi connectivity index (χ3v) is 5.17. The number of alkyl halides is 3. The number of halogens is 3. The summed E-state index contributed by atoms with van der Waals surface area (Å²) >= 11 is 0. The number of fused-ring (bicyclic) bond motifs is 1. The lowest BCUT2D eigenvalue weighted by Crippen LogP contribution is -2.30. The highest BCUT2D eigenvalue weighted by atomic mass is 19.4. The SMILES string of the molecule is Cc1cc(OCc2cncc(-c3ccc4c(c3)CCC(=O)N4C)c2)nc(C(F)(F)F)c1. The molecule has 31 heavy (non-hydrogen) atoms. The first-order valence-corrected chi connectivity index (χ1v) is 9.73. The van der Waals surface area contributed by atoms with Crippen LogP contribution in [0.5, 0.6) is 5.88 Å². The van der Waals surface area contributed by atoms with Gasteiger partial charge in [-0.1, -0.05) is 6.07 Å². The molecule has 1 aromatic carbocycles. The van der Waals surface area contributed by atoms with E-state index >= 15 is 0 Å². The molecule has 0 spiro atoms. The van der Waals surface area contributed by atoms with Gasteiger partial charge in [-0.15, -0.1) is 0 Å². The Kier molecular flexibility index (Phi) is 5.39. The van der Waals surface area contributed by atoms with Crippen LogP contribution in [0.2, 0.25) is 0 Å². The molecular formula is C23H20F3N3O2. The van der Waals surface area contributed by atoms with Gasteiger partial charge in [-0.25, -0.2) is 4.98 Å². The van der Waals surface area contributed by atoms with Crippen LogP contribution in [0, 0.1) is 6.92 Å². The van der Waals surface area contributed by atoms with Crippen LogP contribution in [0.4, 0.5) is 18.9 Å². The van der Waals surface area contributed by atoms with Crippen LogP contribution in [-0.2, 0) is 24.0 Å². The predicted molar refractivity (Wildman–Crippen MR) is 110 cm³/mol. The maximum absolute atomic E-state index is 13.0. The second-order valence-corrected chi connectivity index (χ2v) is 7.53. The highest BCUT2D eigenvalue weighted by Crippen LogP contribution is 2.32. The van der Waals surface area contributed by atoms with E-state index < -0.39 is 11.9 Å². The van der Waals surface area contributed by atoms with E-state index in [9.17, 15) is 18.0 Å². The van der Waals surface area contributed by atoms with Crippen LogP contribution in [0.15, 0.2) is 48.8 Å². The second kappa shape index (κ2) is 8.02. The predicted octanol–water partition coefficient (Wildman–Crippen LogP) is 4.96. The van der Waals surface area contributed by atoms with Crippen molar-refractivity contribution in [1.29, 1.82) is 0 Å². The first kappa shape index (κ1) is 20.8. The van der Waals surface area contributed by atoms with Crippen LogP contribution >= 0.6 is 0 Å². The molecule has 0 unspecified atom stereocenters. The Morgan fingerprint density at radius 2 is 1.87 bits per heavy atom. The van der Waals surface area contributed by atoms with Crippen molar-refractivity contribution in [1.82, 2.24) is 9.97 Å². The van der Waals surface area contributed by atoms with Crippen molar-refractivity contribution in [3.05, 3.63) is 71.2 Å². The number of aromatic nitrogens is 2. The summed E-state index contributed by atoms with van der Waals surface area (Å²) < 4.78 is 44.4. The lowest BCUT2D eigenvalue weighted by Gasteiger charge is -2.26. The van der Waals surface area contributed by atoms with Gasteiger partial charge >= 0.3 is 6.18 Å². The van der Waals surface area contributed by atoms with E-state index in [2.05, 4.69) is 9.97 Å². The van der Waals surface area contributed by atoms with Gasteiger partial charge in [-0.2, -0.15) is 13.2 Å². The molecule has 1 amide bonds. The minimum atomic E-state index is -4.53. The first-order chi connectivity index (χ1) is 14.7. The quantitative estimate of drug-likeness (QED) is 0.591. The number of benzene rings is 1. The van der Waals surface area contributed by atoms with Gasteiger partial charge in [0.05, 0.1) is 0 Å². The second-order valence-electron chi connectivity index (χ2n) is 7.53. The Labute approximate surface area is 177 Å². The molecule has 1 aliphatic rings. The summed E-state index contributed by atoms with van der Waals surface area (Å²) in [6.07, 6.45) is -0.0488. The van der Waals surface area contributed by atoms with Crippen LogP contribution in [0.1, 0.15) is 28.8 Å². The number of amides is 1. The molecule has 1 aliphatic heterocycles. The molecule has 0 fully saturated rings. The lowest BCUT2D eigenvalue weighted by atomic mass is 9.96. The first-order valence-electron chi connectivity index (χ1n) is 9.73. The van der Waals surface area contributed by atoms with Crippen LogP contribution < -0.4 is 9.64 Å². The van der Waals surface area contributed by atoms with Crippen LogP contribution in [0.3, 0.4) is 0 Å². The molecule has 0 N–H and O–H groups in total. The van der Waals surface area contributed by atoms with Gasteiger partial charge in [0.2, 0.25) is 11.8 Å². The Morgan fingerprint density at radius 1 is 1.06 bits per heavy atom. The maximum atomic E-state index is 13.0. The Morgan fingerprint density at radius 3 is 2.65 bits per heavy atom. The normalized spacial score (nSPS) is 13.8. The summed E-state index contributed by atoms with van der Waals surface area (Å²) in [5.74, 6) is 0.0127. The Hall–Kier alpha value is -3.42. The molecule has 0 saturated heterocycles. The van der Waals surface area contributed by atoms with Gasteiger partial charge < -0.3 is 9.64 Å². The zero-order chi connectivity index (χ0) is 22.2. The summed E-state index contributed by atoms with van der Waals surface area (Å²) in [5, 5.41) is 0. The van der Waals surface area contributed by atoms with Gasteiger partial charge in [-0.3, -0.25) is 9.78 Å². The summed E-state index contributed by atoms with van der Waals surface area (Å²) in [4.78, 5) is 21.3. The smallest absolute Gasteiger partial charge is 0.433 e. The Balaban J connectivity index is 1.54. The van der Waals surface area contributed by atoms with Gasteiger partial charge in [0.25, 0.3) is 0 Å². The van der Waals surface area contributed by atoms with E-state index in [4.69, 9.17) is 4.74 Å². The minimum Gasteiger partial charge on any atom is -0.473 e. The molecule has 3 heterocycles. The number of hydrogen-bond donors (Lipinski definition) is 0. The summed E-state index contributed by atoms with van der Waals surface area (Å²) in [6.45, 7) is 1.60. The number of hydrogen-bond acceptors (Lipinski definition) is 4. The average molecular weight is 427 g/mol. The fourth-order valence-corrected chi connectivity index (χ4v) is 3.57. The van der Waals surface area contributed by atoms with Gasteiger partial charge in [0.15, 0.2) is 0 Å². The van der Waals surface area contributed by atoms with Crippen molar-refractivity contribution in [2.75, 3.05) is 11.9 Å². The largest absolute Gasteiger partial charge is 0.473 e. The fraction of sp³-hybridized carbons (Fsp3) is 0.261.